The predicted molar refractivity (Wildman–Crippen MR) is 75.4 cm³/mol. The highest BCUT2D eigenvalue weighted by Gasteiger charge is 2.15. The van der Waals surface area contributed by atoms with Crippen LogP contribution in [0.2, 0.25) is 0 Å². The Balaban J connectivity index is 2.64. The molecule has 0 atom stereocenters. The molecule has 0 aliphatic heterocycles. The van der Waals surface area contributed by atoms with Gasteiger partial charge in [-0.25, -0.2) is 4.98 Å². The lowest BCUT2D eigenvalue weighted by Gasteiger charge is -2.12. The Hall–Kier alpha value is -1.22. The summed E-state index contributed by atoms with van der Waals surface area (Å²) in [5.74, 6) is 2.13. The highest BCUT2D eigenvalue weighted by Crippen LogP contribution is 2.29. The third kappa shape index (κ3) is 2.32. The maximum atomic E-state index is 5.98. The van der Waals surface area contributed by atoms with Crippen LogP contribution < -0.4 is 4.74 Å². The van der Waals surface area contributed by atoms with Crippen LogP contribution in [0.25, 0.3) is 11.0 Å². The van der Waals surface area contributed by atoms with Crippen LogP contribution in [-0.4, -0.2) is 15.7 Å². The second-order valence-corrected chi connectivity index (χ2v) is 5.18. The average molecular weight is 267 g/mol. The smallest absolute Gasteiger partial charge is 0.147 e. The van der Waals surface area contributed by atoms with Gasteiger partial charge in [-0.05, 0) is 39.8 Å². The minimum Gasteiger partial charge on any atom is -0.489 e. The van der Waals surface area contributed by atoms with Gasteiger partial charge < -0.3 is 9.30 Å². The molecule has 1 aromatic carbocycles. The molecule has 1 heterocycles. The molecule has 2 aromatic rings. The molecular weight excluding hydrogens is 248 g/mol. The second kappa shape index (κ2) is 5.19. The summed E-state index contributed by atoms with van der Waals surface area (Å²) in [5, 5.41) is 0. The number of nitrogens with zero attached hydrogens (tertiary/aromatic N) is 2. The number of ether oxygens (including phenoxy) is 1. The third-order valence-electron chi connectivity index (χ3n) is 2.75. The number of rotatable bonds is 4. The molecule has 0 N–H and O–H groups in total. The lowest BCUT2D eigenvalue weighted by molar-refractivity contribution is 0.245. The first-order valence-corrected chi connectivity index (χ1v) is 6.80. The molecule has 18 heavy (non-hydrogen) atoms. The monoisotopic (exact) mass is 266 g/mol. The van der Waals surface area contributed by atoms with Crippen LogP contribution >= 0.6 is 11.6 Å². The summed E-state index contributed by atoms with van der Waals surface area (Å²) in [7, 11) is 0. The molecule has 3 nitrogen and oxygen atoms in total. The first-order chi connectivity index (χ1) is 8.54. The van der Waals surface area contributed by atoms with Gasteiger partial charge in [0.05, 0.1) is 17.5 Å². The van der Waals surface area contributed by atoms with Crippen LogP contribution in [0.15, 0.2) is 18.2 Å². The molecule has 0 saturated carbocycles. The van der Waals surface area contributed by atoms with E-state index in [2.05, 4.69) is 29.5 Å². The van der Waals surface area contributed by atoms with Crippen molar-refractivity contribution in [3.05, 3.63) is 24.0 Å². The van der Waals surface area contributed by atoms with Crippen molar-refractivity contribution < 1.29 is 4.74 Å². The van der Waals surface area contributed by atoms with E-state index in [1.807, 2.05) is 26.0 Å². The number of alkyl halides is 1. The van der Waals surface area contributed by atoms with Crippen molar-refractivity contribution in [3.63, 3.8) is 0 Å². The molecule has 4 heteroatoms. The van der Waals surface area contributed by atoms with E-state index >= 15 is 0 Å². The molecule has 0 unspecified atom stereocenters. The topological polar surface area (TPSA) is 27.1 Å². The van der Waals surface area contributed by atoms with Crippen LogP contribution in [-0.2, 0) is 5.88 Å². The van der Waals surface area contributed by atoms with E-state index in [1.54, 1.807) is 0 Å². The molecule has 0 saturated heterocycles. The van der Waals surface area contributed by atoms with Crippen LogP contribution in [0.5, 0.6) is 5.75 Å². The summed E-state index contributed by atoms with van der Waals surface area (Å²) >= 11 is 5.98. The van der Waals surface area contributed by atoms with Gasteiger partial charge in [-0.3, -0.25) is 0 Å². The summed E-state index contributed by atoms with van der Waals surface area (Å²) < 4.78 is 7.96. The fraction of sp³-hybridized carbons (Fsp3) is 0.500. The number of halogens is 1. The number of hydrogen-bond acceptors (Lipinski definition) is 2. The number of fused-ring (bicyclic) bond motifs is 1. The molecule has 0 spiro atoms. The van der Waals surface area contributed by atoms with Gasteiger partial charge in [-0.1, -0.05) is 6.07 Å². The van der Waals surface area contributed by atoms with E-state index in [0.717, 1.165) is 22.6 Å². The van der Waals surface area contributed by atoms with Crippen LogP contribution in [0.3, 0.4) is 0 Å². The first kappa shape index (κ1) is 13.2. The van der Waals surface area contributed by atoms with Crippen molar-refractivity contribution in [2.75, 3.05) is 0 Å². The van der Waals surface area contributed by atoms with Gasteiger partial charge in [0.25, 0.3) is 0 Å². The van der Waals surface area contributed by atoms with Crippen molar-refractivity contribution in [2.45, 2.75) is 45.7 Å². The van der Waals surface area contributed by atoms with Gasteiger partial charge >= 0.3 is 0 Å². The maximum absolute atomic E-state index is 5.98. The number of benzene rings is 1. The third-order valence-corrected chi connectivity index (χ3v) is 2.99. The lowest BCUT2D eigenvalue weighted by atomic mass is 10.2. The molecule has 1 aromatic heterocycles. The van der Waals surface area contributed by atoms with Gasteiger partial charge in [0.2, 0.25) is 0 Å². The summed E-state index contributed by atoms with van der Waals surface area (Å²) in [6.45, 7) is 8.29. The maximum Gasteiger partial charge on any atom is 0.147 e. The van der Waals surface area contributed by atoms with Crippen molar-refractivity contribution in [2.24, 2.45) is 0 Å². The zero-order chi connectivity index (χ0) is 13.3. The molecule has 0 radical (unpaired) electrons. The Kier molecular flexibility index (Phi) is 3.81. The Morgan fingerprint density at radius 2 is 2.00 bits per heavy atom. The van der Waals surface area contributed by atoms with Crippen molar-refractivity contribution >= 4 is 22.6 Å². The SMILES string of the molecule is CC(C)Oc1cccc2c1nc(CCl)n2C(C)C. The minimum absolute atomic E-state index is 0.138. The Morgan fingerprint density at radius 3 is 2.56 bits per heavy atom. The highest BCUT2D eigenvalue weighted by molar-refractivity contribution is 6.16. The van der Waals surface area contributed by atoms with E-state index < -0.39 is 0 Å². The summed E-state index contributed by atoms with van der Waals surface area (Å²) in [5.41, 5.74) is 1.98. The van der Waals surface area contributed by atoms with E-state index in [9.17, 15) is 0 Å². The van der Waals surface area contributed by atoms with Gasteiger partial charge in [0.1, 0.15) is 17.1 Å². The van der Waals surface area contributed by atoms with E-state index in [1.165, 1.54) is 0 Å². The summed E-state index contributed by atoms with van der Waals surface area (Å²) in [6.07, 6.45) is 0.138. The van der Waals surface area contributed by atoms with Gasteiger partial charge in [-0.2, -0.15) is 0 Å². The molecule has 0 fully saturated rings. The fourth-order valence-corrected chi connectivity index (χ4v) is 2.35. The lowest BCUT2D eigenvalue weighted by Crippen LogP contribution is -2.06. The molecule has 0 amide bonds. The van der Waals surface area contributed by atoms with E-state index in [4.69, 9.17) is 16.3 Å². The van der Waals surface area contributed by atoms with Crippen molar-refractivity contribution in [1.82, 2.24) is 9.55 Å². The fourth-order valence-electron chi connectivity index (χ4n) is 2.16. The molecule has 0 aliphatic rings. The predicted octanol–water partition coefficient (Wildman–Crippen LogP) is 4.14. The largest absolute Gasteiger partial charge is 0.489 e. The Morgan fingerprint density at radius 1 is 1.28 bits per heavy atom. The van der Waals surface area contributed by atoms with E-state index in [-0.39, 0.29) is 6.10 Å². The van der Waals surface area contributed by atoms with Gasteiger partial charge in [0, 0.05) is 6.04 Å². The molecule has 0 bridgehead atoms. The summed E-state index contributed by atoms with van der Waals surface area (Å²) in [4.78, 5) is 4.61. The molecule has 2 rings (SSSR count). The zero-order valence-corrected chi connectivity index (χ0v) is 12.0. The molecular formula is C14H19ClN2O. The van der Waals surface area contributed by atoms with Crippen molar-refractivity contribution in [3.8, 4) is 5.75 Å². The van der Waals surface area contributed by atoms with Crippen LogP contribution in [0.1, 0.15) is 39.6 Å². The van der Waals surface area contributed by atoms with Gasteiger partial charge in [0.15, 0.2) is 0 Å². The Labute approximate surface area is 113 Å². The standard InChI is InChI=1S/C14H19ClN2O/c1-9(2)17-11-6-5-7-12(18-10(3)4)14(11)16-13(17)8-15/h5-7,9-10H,8H2,1-4H3. The number of aromatic nitrogens is 2. The van der Waals surface area contributed by atoms with Crippen LogP contribution in [0, 0.1) is 0 Å². The Bertz CT molecular complexity index is 546. The number of para-hydroxylation sites is 1. The summed E-state index contributed by atoms with van der Waals surface area (Å²) in [6, 6.07) is 6.35. The van der Waals surface area contributed by atoms with Crippen molar-refractivity contribution in [1.29, 1.82) is 0 Å². The normalized spacial score (nSPS) is 11.7. The number of hydrogen-bond donors (Lipinski definition) is 0. The van der Waals surface area contributed by atoms with E-state index in [0.29, 0.717) is 11.9 Å². The van der Waals surface area contributed by atoms with Crippen LogP contribution in [0.4, 0.5) is 0 Å². The quantitative estimate of drug-likeness (QED) is 0.778. The molecule has 0 aliphatic carbocycles. The highest BCUT2D eigenvalue weighted by atomic mass is 35.5. The zero-order valence-electron chi connectivity index (χ0n) is 11.3. The first-order valence-electron chi connectivity index (χ1n) is 6.27. The van der Waals surface area contributed by atoms with Gasteiger partial charge in [-0.15, -0.1) is 11.6 Å². The second-order valence-electron chi connectivity index (χ2n) is 4.92. The number of imidazole rings is 1. The minimum atomic E-state index is 0.138. The molecule has 98 valence electrons. The average Bonchev–Trinajstić information content (AvgIpc) is 2.67.